The molecule has 1 aromatic heterocycles. The number of nitrogens with zero attached hydrogens (tertiary/aromatic N) is 2. The first-order chi connectivity index (χ1) is 5.13. The molecule has 0 aliphatic carbocycles. The van der Waals surface area contributed by atoms with Crippen molar-refractivity contribution in [3.8, 4) is 0 Å². The van der Waals surface area contributed by atoms with Crippen LogP contribution in [-0.2, 0) is 0 Å². The van der Waals surface area contributed by atoms with Crippen LogP contribution in [-0.4, -0.2) is 9.55 Å². The molecular formula is C9H16N2. The van der Waals surface area contributed by atoms with Crippen molar-refractivity contribution < 1.29 is 0 Å². The van der Waals surface area contributed by atoms with E-state index in [1.165, 1.54) is 5.82 Å². The number of aromatic nitrogens is 2. The van der Waals surface area contributed by atoms with Gasteiger partial charge in [0.15, 0.2) is 0 Å². The molecule has 11 heavy (non-hydrogen) atoms. The Morgan fingerprint density at radius 1 is 1.27 bits per heavy atom. The summed E-state index contributed by atoms with van der Waals surface area (Å²) >= 11 is 0. The summed E-state index contributed by atoms with van der Waals surface area (Å²) in [4.78, 5) is 4.30. The molecule has 1 heterocycles. The smallest absolute Gasteiger partial charge is 0.111 e. The van der Waals surface area contributed by atoms with Gasteiger partial charge in [0.1, 0.15) is 5.82 Å². The zero-order chi connectivity index (χ0) is 8.43. The topological polar surface area (TPSA) is 17.8 Å². The summed E-state index contributed by atoms with van der Waals surface area (Å²) in [6, 6.07) is 0.523. The van der Waals surface area contributed by atoms with Crippen LogP contribution in [0.25, 0.3) is 0 Å². The van der Waals surface area contributed by atoms with E-state index in [2.05, 4.69) is 37.2 Å². The van der Waals surface area contributed by atoms with E-state index < -0.39 is 0 Å². The Hall–Kier alpha value is -0.790. The van der Waals surface area contributed by atoms with E-state index in [0.29, 0.717) is 12.0 Å². The van der Waals surface area contributed by atoms with Gasteiger partial charge in [0.05, 0.1) is 0 Å². The Bertz CT molecular complexity index is 201. The van der Waals surface area contributed by atoms with Gasteiger partial charge in [-0.1, -0.05) is 13.8 Å². The molecule has 0 aromatic carbocycles. The summed E-state index contributed by atoms with van der Waals surface area (Å²) in [6.07, 6.45) is 3.91. The van der Waals surface area contributed by atoms with Crippen LogP contribution in [0.4, 0.5) is 0 Å². The Morgan fingerprint density at radius 3 is 2.27 bits per heavy atom. The van der Waals surface area contributed by atoms with Crippen LogP contribution in [0.1, 0.15) is 45.5 Å². The molecule has 0 unspecified atom stereocenters. The highest BCUT2D eigenvalue weighted by Crippen LogP contribution is 2.15. The lowest BCUT2D eigenvalue weighted by molar-refractivity contribution is 0.550. The van der Waals surface area contributed by atoms with Crippen molar-refractivity contribution in [3.63, 3.8) is 0 Å². The molecule has 0 aliphatic heterocycles. The van der Waals surface area contributed by atoms with Crippen molar-refractivity contribution in [3.05, 3.63) is 18.2 Å². The molecule has 0 aliphatic rings. The van der Waals surface area contributed by atoms with E-state index in [4.69, 9.17) is 0 Å². The van der Waals surface area contributed by atoms with Gasteiger partial charge in [-0.2, -0.15) is 0 Å². The minimum Gasteiger partial charge on any atom is -0.332 e. The Balaban J connectivity index is 2.96. The van der Waals surface area contributed by atoms with Crippen LogP contribution in [0.15, 0.2) is 12.4 Å². The summed E-state index contributed by atoms with van der Waals surface area (Å²) in [7, 11) is 0. The van der Waals surface area contributed by atoms with Gasteiger partial charge in [0.2, 0.25) is 0 Å². The maximum atomic E-state index is 4.30. The third-order valence-corrected chi connectivity index (χ3v) is 1.77. The van der Waals surface area contributed by atoms with E-state index >= 15 is 0 Å². The Morgan fingerprint density at radius 2 is 1.91 bits per heavy atom. The molecule has 0 fully saturated rings. The zero-order valence-electron chi connectivity index (χ0n) is 7.70. The lowest BCUT2D eigenvalue weighted by atomic mass is 10.2. The summed E-state index contributed by atoms with van der Waals surface area (Å²) in [5.41, 5.74) is 0. The standard InChI is InChI=1S/C9H16N2/c1-7(2)9-10-5-6-11(9)8(3)4/h5-8H,1-4H3. The van der Waals surface area contributed by atoms with Crippen LogP contribution >= 0.6 is 0 Å². The van der Waals surface area contributed by atoms with Crippen molar-refractivity contribution in [2.75, 3.05) is 0 Å². The Labute approximate surface area is 68.3 Å². The Kier molecular flexibility index (Phi) is 2.32. The molecule has 0 amide bonds. The van der Waals surface area contributed by atoms with Gasteiger partial charge in [-0.15, -0.1) is 0 Å². The number of imidazole rings is 1. The molecule has 1 aromatic rings. The van der Waals surface area contributed by atoms with Crippen molar-refractivity contribution in [1.29, 1.82) is 0 Å². The first kappa shape index (κ1) is 8.31. The fourth-order valence-corrected chi connectivity index (χ4v) is 1.21. The summed E-state index contributed by atoms with van der Waals surface area (Å²) in [6.45, 7) is 8.68. The lowest BCUT2D eigenvalue weighted by Gasteiger charge is -2.13. The molecule has 0 bridgehead atoms. The summed E-state index contributed by atoms with van der Waals surface area (Å²) in [5, 5.41) is 0. The quantitative estimate of drug-likeness (QED) is 0.637. The van der Waals surface area contributed by atoms with Crippen molar-refractivity contribution in [1.82, 2.24) is 9.55 Å². The lowest BCUT2D eigenvalue weighted by Crippen LogP contribution is -2.06. The molecule has 2 heteroatoms. The average molecular weight is 152 g/mol. The van der Waals surface area contributed by atoms with Crippen LogP contribution < -0.4 is 0 Å². The van der Waals surface area contributed by atoms with Gasteiger partial charge < -0.3 is 4.57 Å². The van der Waals surface area contributed by atoms with E-state index in [0.717, 1.165) is 0 Å². The number of hydrogen-bond donors (Lipinski definition) is 0. The molecule has 0 spiro atoms. The summed E-state index contributed by atoms with van der Waals surface area (Å²) in [5.74, 6) is 1.70. The largest absolute Gasteiger partial charge is 0.332 e. The van der Waals surface area contributed by atoms with Crippen molar-refractivity contribution >= 4 is 0 Å². The molecule has 0 N–H and O–H groups in total. The predicted octanol–water partition coefficient (Wildman–Crippen LogP) is 2.59. The van der Waals surface area contributed by atoms with Gasteiger partial charge in [-0.05, 0) is 13.8 Å². The highest BCUT2D eigenvalue weighted by Gasteiger charge is 2.08. The third-order valence-electron chi connectivity index (χ3n) is 1.77. The molecule has 0 radical (unpaired) electrons. The van der Waals surface area contributed by atoms with E-state index in [1.54, 1.807) is 0 Å². The predicted molar refractivity (Wildman–Crippen MR) is 46.7 cm³/mol. The monoisotopic (exact) mass is 152 g/mol. The second-order valence-electron chi connectivity index (χ2n) is 3.44. The average Bonchev–Trinajstić information content (AvgIpc) is 2.32. The van der Waals surface area contributed by atoms with Gasteiger partial charge in [-0.25, -0.2) is 4.98 Å². The van der Waals surface area contributed by atoms with Crippen molar-refractivity contribution in [2.45, 2.75) is 39.7 Å². The minimum atomic E-state index is 0.521. The van der Waals surface area contributed by atoms with E-state index in [9.17, 15) is 0 Å². The second kappa shape index (κ2) is 3.07. The molecule has 0 saturated heterocycles. The fraction of sp³-hybridized carbons (Fsp3) is 0.667. The first-order valence-electron chi connectivity index (χ1n) is 4.15. The molecule has 62 valence electrons. The summed E-state index contributed by atoms with van der Waals surface area (Å²) < 4.78 is 2.21. The van der Waals surface area contributed by atoms with E-state index in [1.807, 2.05) is 12.4 Å². The molecule has 2 nitrogen and oxygen atoms in total. The highest BCUT2D eigenvalue weighted by molar-refractivity contribution is 4.98. The van der Waals surface area contributed by atoms with Gasteiger partial charge in [-0.3, -0.25) is 0 Å². The fourth-order valence-electron chi connectivity index (χ4n) is 1.21. The molecule has 1 rings (SSSR count). The van der Waals surface area contributed by atoms with E-state index in [-0.39, 0.29) is 0 Å². The van der Waals surface area contributed by atoms with Gasteiger partial charge in [0.25, 0.3) is 0 Å². The maximum Gasteiger partial charge on any atom is 0.111 e. The van der Waals surface area contributed by atoms with Gasteiger partial charge in [0, 0.05) is 24.4 Å². The molecular weight excluding hydrogens is 136 g/mol. The van der Waals surface area contributed by atoms with Gasteiger partial charge >= 0.3 is 0 Å². The first-order valence-corrected chi connectivity index (χ1v) is 4.15. The van der Waals surface area contributed by atoms with Crippen molar-refractivity contribution in [2.24, 2.45) is 0 Å². The highest BCUT2D eigenvalue weighted by atomic mass is 15.1. The third kappa shape index (κ3) is 1.62. The van der Waals surface area contributed by atoms with Crippen LogP contribution in [0.2, 0.25) is 0 Å². The number of hydrogen-bond acceptors (Lipinski definition) is 1. The molecule has 0 atom stereocenters. The molecule has 0 saturated carbocycles. The maximum absolute atomic E-state index is 4.30. The van der Waals surface area contributed by atoms with Crippen LogP contribution in [0, 0.1) is 0 Å². The second-order valence-corrected chi connectivity index (χ2v) is 3.44. The van der Waals surface area contributed by atoms with Crippen LogP contribution in [0.5, 0.6) is 0 Å². The normalized spacial score (nSPS) is 11.5. The minimum absolute atomic E-state index is 0.521. The zero-order valence-corrected chi connectivity index (χ0v) is 7.70. The SMILES string of the molecule is CC(C)c1nccn1C(C)C. The van der Waals surface area contributed by atoms with Crippen LogP contribution in [0.3, 0.4) is 0 Å². The number of rotatable bonds is 2.